The minimum absolute atomic E-state index is 0.315. The van der Waals surface area contributed by atoms with Crippen molar-refractivity contribution >= 4 is 11.8 Å². The molecule has 0 saturated carbocycles. The van der Waals surface area contributed by atoms with Crippen LogP contribution in [0.1, 0.15) is 22.3 Å². The number of rotatable bonds is 4. The third kappa shape index (κ3) is 2.46. The second kappa shape index (κ2) is 5.35. The van der Waals surface area contributed by atoms with Gasteiger partial charge in [0.2, 0.25) is 0 Å². The summed E-state index contributed by atoms with van der Waals surface area (Å²) in [4.78, 5) is 17.6. The Kier molecular flexibility index (Phi) is 3.81. The molecule has 1 saturated heterocycles. The number of hydrogen-bond acceptors (Lipinski definition) is 4. The summed E-state index contributed by atoms with van der Waals surface area (Å²) in [7, 11) is 1.69. The fourth-order valence-corrected chi connectivity index (χ4v) is 2.44. The summed E-state index contributed by atoms with van der Waals surface area (Å²) < 4.78 is 5.15. The maximum atomic E-state index is 11.3. The molecule has 1 fully saturated rings. The van der Waals surface area contributed by atoms with E-state index in [1.165, 1.54) is 0 Å². The predicted octanol–water partition coefficient (Wildman–Crippen LogP) is 1.56. The van der Waals surface area contributed by atoms with Gasteiger partial charge >= 0.3 is 5.97 Å². The number of nitrogens with zero attached hydrogens (tertiary/aromatic N) is 2. The maximum Gasteiger partial charge on any atom is 0.339 e. The molecule has 1 aliphatic rings. The lowest BCUT2D eigenvalue weighted by molar-refractivity contribution is 0.0696. The van der Waals surface area contributed by atoms with E-state index in [-0.39, 0.29) is 0 Å². The van der Waals surface area contributed by atoms with Crippen LogP contribution in [0.15, 0.2) is 12.3 Å². The van der Waals surface area contributed by atoms with Gasteiger partial charge in [0.1, 0.15) is 11.4 Å². The summed E-state index contributed by atoms with van der Waals surface area (Å²) in [6, 6.07) is 1.73. The predicted molar refractivity (Wildman–Crippen MR) is 68.1 cm³/mol. The number of aromatic nitrogens is 1. The largest absolute Gasteiger partial charge is 0.478 e. The second-order valence-electron chi connectivity index (χ2n) is 4.69. The number of carboxylic acids is 1. The Morgan fingerprint density at radius 1 is 1.67 bits per heavy atom. The van der Waals surface area contributed by atoms with Crippen molar-refractivity contribution in [2.75, 3.05) is 31.7 Å². The zero-order valence-electron chi connectivity index (χ0n) is 10.7. The Morgan fingerprint density at radius 3 is 3.11 bits per heavy atom. The lowest BCUT2D eigenvalue weighted by Gasteiger charge is -2.20. The second-order valence-corrected chi connectivity index (χ2v) is 4.69. The van der Waals surface area contributed by atoms with Gasteiger partial charge in [0.25, 0.3) is 0 Å². The highest BCUT2D eigenvalue weighted by Crippen LogP contribution is 2.27. The Labute approximate surface area is 106 Å². The molecule has 0 bridgehead atoms. The first kappa shape index (κ1) is 12.8. The van der Waals surface area contributed by atoms with E-state index in [0.29, 0.717) is 23.9 Å². The van der Waals surface area contributed by atoms with Crippen LogP contribution in [0, 0.1) is 12.8 Å². The van der Waals surface area contributed by atoms with Crippen LogP contribution in [-0.2, 0) is 4.74 Å². The zero-order chi connectivity index (χ0) is 13.1. The highest BCUT2D eigenvalue weighted by atomic mass is 16.5. The van der Waals surface area contributed by atoms with E-state index in [2.05, 4.69) is 4.98 Å². The third-order valence-corrected chi connectivity index (χ3v) is 3.34. The number of anilines is 1. The number of pyridine rings is 1. The van der Waals surface area contributed by atoms with E-state index in [1.54, 1.807) is 26.3 Å². The summed E-state index contributed by atoms with van der Waals surface area (Å²) in [5, 5.41) is 9.28. The Balaban J connectivity index is 2.24. The molecule has 1 atom stereocenters. The number of aryl methyl sites for hydroxylation is 1. The van der Waals surface area contributed by atoms with Crippen LogP contribution < -0.4 is 4.90 Å². The first-order valence-electron chi connectivity index (χ1n) is 6.06. The van der Waals surface area contributed by atoms with Crippen molar-refractivity contribution in [1.29, 1.82) is 0 Å². The lowest BCUT2D eigenvalue weighted by Crippen LogP contribution is -2.24. The molecule has 1 N–H and O–H groups in total. The molecular formula is C13H18N2O3. The summed E-state index contributed by atoms with van der Waals surface area (Å²) in [6.45, 7) is 4.16. The summed E-state index contributed by atoms with van der Waals surface area (Å²) in [5.41, 5.74) is 1.07. The molecule has 1 aromatic rings. The fourth-order valence-electron chi connectivity index (χ4n) is 2.44. The molecule has 0 aromatic carbocycles. The number of ether oxygens (including phenoxy) is 1. The van der Waals surface area contributed by atoms with Crippen LogP contribution in [-0.4, -0.2) is 42.9 Å². The van der Waals surface area contributed by atoms with E-state index in [1.807, 2.05) is 4.90 Å². The zero-order valence-corrected chi connectivity index (χ0v) is 10.7. The summed E-state index contributed by atoms with van der Waals surface area (Å²) in [5.74, 6) is 0.130. The number of methoxy groups -OCH3 is 1. The first-order valence-corrected chi connectivity index (χ1v) is 6.06. The van der Waals surface area contributed by atoms with Gasteiger partial charge < -0.3 is 14.7 Å². The Hall–Kier alpha value is -1.62. The molecule has 1 unspecified atom stereocenters. The van der Waals surface area contributed by atoms with Gasteiger partial charge in [-0.3, -0.25) is 0 Å². The topological polar surface area (TPSA) is 62.7 Å². The Bertz CT molecular complexity index is 448. The van der Waals surface area contributed by atoms with Gasteiger partial charge in [-0.1, -0.05) is 0 Å². The van der Waals surface area contributed by atoms with E-state index in [0.717, 1.165) is 25.1 Å². The summed E-state index contributed by atoms with van der Waals surface area (Å²) in [6.07, 6.45) is 2.68. The van der Waals surface area contributed by atoms with E-state index in [9.17, 15) is 9.90 Å². The quantitative estimate of drug-likeness (QED) is 0.878. The van der Waals surface area contributed by atoms with Gasteiger partial charge in [0, 0.05) is 32.3 Å². The maximum absolute atomic E-state index is 11.3. The highest BCUT2D eigenvalue weighted by Gasteiger charge is 2.27. The van der Waals surface area contributed by atoms with Crippen LogP contribution in [0.25, 0.3) is 0 Å². The fraction of sp³-hybridized carbons (Fsp3) is 0.538. The molecule has 1 aromatic heterocycles. The van der Waals surface area contributed by atoms with Crippen molar-refractivity contribution in [3.05, 3.63) is 23.4 Å². The monoisotopic (exact) mass is 250 g/mol. The standard InChI is InChI=1S/C13H18N2O3/c1-9-3-5-14-12(11(9)13(16)17)15-6-4-10(7-15)8-18-2/h3,5,10H,4,6-8H2,1-2H3,(H,16,17). The third-order valence-electron chi connectivity index (χ3n) is 3.34. The molecule has 5 heteroatoms. The molecule has 0 radical (unpaired) electrons. The molecule has 98 valence electrons. The van der Waals surface area contributed by atoms with Gasteiger partial charge in [-0.25, -0.2) is 9.78 Å². The average molecular weight is 250 g/mol. The number of aromatic carboxylic acids is 1. The van der Waals surface area contributed by atoms with Gasteiger partial charge in [0.15, 0.2) is 0 Å². The normalized spacial score (nSPS) is 19.2. The SMILES string of the molecule is COCC1CCN(c2nccc(C)c2C(=O)O)C1. The van der Waals surface area contributed by atoms with Crippen molar-refractivity contribution in [3.63, 3.8) is 0 Å². The van der Waals surface area contributed by atoms with Crippen molar-refractivity contribution < 1.29 is 14.6 Å². The van der Waals surface area contributed by atoms with Gasteiger partial charge in [0.05, 0.1) is 6.61 Å². The van der Waals surface area contributed by atoms with Gasteiger partial charge in [-0.05, 0) is 25.0 Å². The minimum atomic E-state index is -0.911. The molecule has 18 heavy (non-hydrogen) atoms. The number of hydrogen-bond donors (Lipinski definition) is 1. The van der Waals surface area contributed by atoms with Crippen LogP contribution in [0.4, 0.5) is 5.82 Å². The van der Waals surface area contributed by atoms with Crippen molar-refractivity contribution in [2.24, 2.45) is 5.92 Å². The molecule has 5 nitrogen and oxygen atoms in total. The van der Waals surface area contributed by atoms with Crippen LogP contribution in [0.5, 0.6) is 0 Å². The first-order chi connectivity index (χ1) is 8.63. The number of carbonyl (C=O) groups is 1. The van der Waals surface area contributed by atoms with E-state index >= 15 is 0 Å². The van der Waals surface area contributed by atoms with Gasteiger partial charge in [-0.2, -0.15) is 0 Å². The van der Waals surface area contributed by atoms with E-state index < -0.39 is 5.97 Å². The van der Waals surface area contributed by atoms with Crippen molar-refractivity contribution in [2.45, 2.75) is 13.3 Å². The Morgan fingerprint density at radius 2 is 2.44 bits per heavy atom. The summed E-state index contributed by atoms with van der Waals surface area (Å²) >= 11 is 0. The lowest BCUT2D eigenvalue weighted by atomic mass is 10.1. The molecule has 1 aliphatic heterocycles. The number of carboxylic acid groups (broad SMARTS) is 1. The van der Waals surface area contributed by atoms with Crippen LogP contribution in [0.3, 0.4) is 0 Å². The van der Waals surface area contributed by atoms with Crippen LogP contribution >= 0.6 is 0 Å². The molecule has 2 heterocycles. The van der Waals surface area contributed by atoms with E-state index in [4.69, 9.17) is 4.74 Å². The molecule has 0 aliphatic carbocycles. The smallest absolute Gasteiger partial charge is 0.339 e. The molecular weight excluding hydrogens is 232 g/mol. The van der Waals surface area contributed by atoms with Crippen molar-refractivity contribution in [3.8, 4) is 0 Å². The minimum Gasteiger partial charge on any atom is -0.478 e. The van der Waals surface area contributed by atoms with Crippen molar-refractivity contribution in [1.82, 2.24) is 4.98 Å². The molecule has 0 spiro atoms. The van der Waals surface area contributed by atoms with Gasteiger partial charge in [-0.15, -0.1) is 0 Å². The van der Waals surface area contributed by atoms with Crippen LogP contribution in [0.2, 0.25) is 0 Å². The molecule has 0 amide bonds. The molecule has 2 rings (SSSR count). The highest BCUT2D eigenvalue weighted by molar-refractivity contribution is 5.95. The average Bonchev–Trinajstić information content (AvgIpc) is 2.77.